The van der Waals surface area contributed by atoms with Crippen LogP contribution in [0.1, 0.15) is 23.3 Å². The number of carbonyl (C=O) groups is 2. The van der Waals surface area contributed by atoms with Gasteiger partial charge in [-0.1, -0.05) is 0 Å². The van der Waals surface area contributed by atoms with Crippen molar-refractivity contribution in [3.8, 4) is 0 Å². The molecule has 0 N–H and O–H groups in total. The van der Waals surface area contributed by atoms with Gasteiger partial charge in [-0.3, -0.25) is 9.59 Å². The molecule has 0 unspecified atom stereocenters. The van der Waals surface area contributed by atoms with Gasteiger partial charge in [0, 0.05) is 17.7 Å². The average molecular weight is 226 g/mol. The SMILES string of the molecule is COC(=O)CCC(=O)Cc1ccsc1C. The smallest absolute Gasteiger partial charge is 0.305 e. The molecule has 1 rings (SSSR count). The summed E-state index contributed by atoms with van der Waals surface area (Å²) in [6.45, 7) is 1.99. The molecule has 0 radical (unpaired) electrons. The Bertz CT molecular complexity index is 354. The van der Waals surface area contributed by atoms with Crippen LogP contribution in [0.2, 0.25) is 0 Å². The molecule has 0 amide bonds. The summed E-state index contributed by atoms with van der Waals surface area (Å²) < 4.78 is 4.47. The van der Waals surface area contributed by atoms with Crippen molar-refractivity contribution in [2.75, 3.05) is 7.11 Å². The fourth-order valence-corrected chi connectivity index (χ4v) is 1.97. The van der Waals surface area contributed by atoms with E-state index in [9.17, 15) is 9.59 Å². The lowest BCUT2D eigenvalue weighted by molar-refractivity contribution is -0.141. The molecule has 1 heterocycles. The van der Waals surface area contributed by atoms with Crippen molar-refractivity contribution in [2.24, 2.45) is 0 Å². The first kappa shape index (κ1) is 11.9. The molecule has 1 aromatic rings. The third-order valence-corrected chi connectivity index (χ3v) is 3.08. The Balaban J connectivity index is 2.37. The zero-order valence-electron chi connectivity index (χ0n) is 8.91. The number of methoxy groups -OCH3 is 1. The predicted octanol–water partition coefficient (Wildman–Crippen LogP) is 2.12. The van der Waals surface area contributed by atoms with Crippen molar-refractivity contribution in [2.45, 2.75) is 26.2 Å². The molecule has 0 aromatic carbocycles. The van der Waals surface area contributed by atoms with Crippen LogP contribution in [0, 0.1) is 6.92 Å². The van der Waals surface area contributed by atoms with Crippen molar-refractivity contribution in [3.63, 3.8) is 0 Å². The minimum absolute atomic E-state index is 0.0851. The number of hydrogen-bond donors (Lipinski definition) is 0. The van der Waals surface area contributed by atoms with E-state index in [0.29, 0.717) is 6.42 Å². The Morgan fingerprint density at radius 3 is 2.67 bits per heavy atom. The van der Waals surface area contributed by atoms with Gasteiger partial charge in [0.1, 0.15) is 5.78 Å². The van der Waals surface area contributed by atoms with Crippen LogP contribution in [-0.2, 0) is 20.7 Å². The van der Waals surface area contributed by atoms with Crippen molar-refractivity contribution in [3.05, 3.63) is 21.9 Å². The number of ether oxygens (including phenoxy) is 1. The molecule has 0 aliphatic heterocycles. The van der Waals surface area contributed by atoms with E-state index >= 15 is 0 Å². The zero-order valence-corrected chi connectivity index (χ0v) is 9.73. The van der Waals surface area contributed by atoms with E-state index in [1.807, 2.05) is 18.4 Å². The average Bonchev–Trinajstić information content (AvgIpc) is 2.61. The highest BCUT2D eigenvalue weighted by Crippen LogP contribution is 2.16. The number of ketones is 1. The summed E-state index contributed by atoms with van der Waals surface area (Å²) in [5.74, 6) is -0.243. The number of rotatable bonds is 5. The molecule has 0 fully saturated rings. The van der Waals surface area contributed by atoms with Crippen LogP contribution < -0.4 is 0 Å². The molecule has 0 saturated heterocycles. The predicted molar refractivity (Wildman–Crippen MR) is 59.0 cm³/mol. The van der Waals surface area contributed by atoms with Gasteiger partial charge in [0.25, 0.3) is 0 Å². The van der Waals surface area contributed by atoms with Gasteiger partial charge >= 0.3 is 5.97 Å². The lowest BCUT2D eigenvalue weighted by Crippen LogP contribution is -2.07. The first-order valence-corrected chi connectivity index (χ1v) is 5.63. The molecule has 4 heteroatoms. The van der Waals surface area contributed by atoms with Crippen LogP contribution in [0.15, 0.2) is 11.4 Å². The molecule has 1 aromatic heterocycles. The summed E-state index contributed by atoms with van der Waals surface area (Å²) in [4.78, 5) is 23.5. The number of Topliss-reactive ketones (excluding diaryl/α,β-unsaturated/α-hetero) is 1. The summed E-state index contributed by atoms with van der Waals surface area (Å²) in [7, 11) is 1.33. The number of carbonyl (C=O) groups excluding carboxylic acids is 2. The monoisotopic (exact) mass is 226 g/mol. The van der Waals surface area contributed by atoms with Gasteiger partial charge in [-0.2, -0.15) is 0 Å². The third kappa shape index (κ3) is 3.83. The van der Waals surface area contributed by atoms with E-state index < -0.39 is 0 Å². The molecule has 0 spiro atoms. The summed E-state index contributed by atoms with van der Waals surface area (Å²) >= 11 is 1.63. The van der Waals surface area contributed by atoms with Crippen LogP contribution in [0.25, 0.3) is 0 Å². The van der Waals surface area contributed by atoms with Gasteiger partial charge in [0.2, 0.25) is 0 Å². The van der Waals surface area contributed by atoms with Crippen LogP contribution in [0.4, 0.5) is 0 Å². The Hall–Kier alpha value is -1.16. The van der Waals surface area contributed by atoms with Crippen LogP contribution in [0.5, 0.6) is 0 Å². The van der Waals surface area contributed by atoms with Gasteiger partial charge in [-0.15, -0.1) is 11.3 Å². The van der Waals surface area contributed by atoms with E-state index in [1.54, 1.807) is 11.3 Å². The second-order valence-corrected chi connectivity index (χ2v) is 4.41. The van der Waals surface area contributed by atoms with Crippen molar-refractivity contribution in [1.29, 1.82) is 0 Å². The number of esters is 1. The minimum atomic E-state index is -0.328. The molecule has 3 nitrogen and oxygen atoms in total. The summed E-state index contributed by atoms with van der Waals surface area (Å²) in [6.07, 6.45) is 0.868. The van der Waals surface area contributed by atoms with Crippen molar-refractivity contribution in [1.82, 2.24) is 0 Å². The lowest BCUT2D eigenvalue weighted by atomic mass is 10.1. The van der Waals surface area contributed by atoms with Gasteiger partial charge < -0.3 is 4.74 Å². The van der Waals surface area contributed by atoms with Crippen molar-refractivity contribution >= 4 is 23.1 Å². The molecule has 0 atom stereocenters. The second-order valence-electron chi connectivity index (χ2n) is 3.29. The largest absolute Gasteiger partial charge is 0.469 e. The summed E-state index contributed by atoms with van der Waals surface area (Å²) in [6, 6.07) is 1.95. The molecule has 82 valence electrons. The van der Waals surface area contributed by atoms with Gasteiger partial charge in [-0.05, 0) is 23.9 Å². The van der Waals surface area contributed by atoms with Crippen molar-refractivity contribution < 1.29 is 14.3 Å². The highest BCUT2D eigenvalue weighted by Gasteiger charge is 2.09. The molecule has 0 bridgehead atoms. The first-order chi connectivity index (χ1) is 7.13. The van der Waals surface area contributed by atoms with E-state index in [4.69, 9.17) is 0 Å². The molecular formula is C11H14O3S. The number of thiophene rings is 1. The van der Waals surface area contributed by atoms with Gasteiger partial charge in [-0.25, -0.2) is 0 Å². The third-order valence-electron chi connectivity index (χ3n) is 2.19. The number of aryl methyl sites for hydroxylation is 1. The minimum Gasteiger partial charge on any atom is -0.469 e. The van der Waals surface area contributed by atoms with Crippen LogP contribution >= 0.6 is 11.3 Å². The molecule has 0 saturated carbocycles. The highest BCUT2D eigenvalue weighted by molar-refractivity contribution is 7.10. The first-order valence-electron chi connectivity index (χ1n) is 4.75. The maximum Gasteiger partial charge on any atom is 0.305 e. The molecule has 15 heavy (non-hydrogen) atoms. The summed E-state index contributed by atoms with van der Waals surface area (Å²) in [5.41, 5.74) is 1.06. The van der Waals surface area contributed by atoms with Gasteiger partial charge in [0.15, 0.2) is 0 Å². The number of hydrogen-bond acceptors (Lipinski definition) is 4. The Morgan fingerprint density at radius 2 is 2.13 bits per heavy atom. The van der Waals surface area contributed by atoms with Crippen LogP contribution in [-0.4, -0.2) is 18.9 Å². The topological polar surface area (TPSA) is 43.4 Å². The lowest BCUT2D eigenvalue weighted by Gasteiger charge is -2.00. The Morgan fingerprint density at radius 1 is 1.40 bits per heavy atom. The Kier molecular flexibility index (Phi) is 4.49. The normalized spacial score (nSPS) is 10.0. The van der Waals surface area contributed by atoms with E-state index in [-0.39, 0.29) is 24.6 Å². The quantitative estimate of drug-likeness (QED) is 0.722. The highest BCUT2D eigenvalue weighted by atomic mass is 32.1. The van der Waals surface area contributed by atoms with Gasteiger partial charge in [0.05, 0.1) is 13.5 Å². The van der Waals surface area contributed by atoms with E-state index in [2.05, 4.69) is 4.74 Å². The molecule has 0 aliphatic rings. The fourth-order valence-electron chi connectivity index (χ4n) is 1.24. The molecule has 0 aliphatic carbocycles. The van der Waals surface area contributed by atoms with E-state index in [0.717, 1.165) is 5.56 Å². The zero-order chi connectivity index (χ0) is 11.3. The standard InChI is InChI=1S/C11H14O3S/c1-8-9(5-6-15-8)7-10(12)3-4-11(13)14-2/h5-6H,3-4,7H2,1-2H3. The maximum absolute atomic E-state index is 11.5. The molecular weight excluding hydrogens is 212 g/mol. The summed E-state index contributed by atoms with van der Waals surface area (Å²) in [5, 5.41) is 1.97. The second kappa shape index (κ2) is 5.66. The fraction of sp³-hybridized carbons (Fsp3) is 0.455. The Labute approximate surface area is 93.1 Å². The van der Waals surface area contributed by atoms with E-state index in [1.165, 1.54) is 12.0 Å². The maximum atomic E-state index is 11.5. The van der Waals surface area contributed by atoms with Crippen LogP contribution in [0.3, 0.4) is 0 Å².